The molecule has 1 N–H and O–H groups in total. The van der Waals surface area contributed by atoms with Crippen LogP contribution in [0.4, 0.5) is 0 Å². The average molecular weight is 186 g/mol. The van der Waals surface area contributed by atoms with Crippen molar-refractivity contribution in [3.8, 4) is 0 Å². The maximum Gasteiger partial charge on any atom is 0.238 e. The minimum atomic E-state index is 0.164. The van der Waals surface area contributed by atoms with Crippen molar-refractivity contribution in [2.24, 2.45) is 0 Å². The third-order valence-corrected chi connectivity index (χ3v) is 2.38. The lowest BCUT2D eigenvalue weighted by molar-refractivity contribution is -0.131. The predicted octanol–water partition coefficient (Wildman–Crippen LogP) is 0.189. The second-order valence-corrected chi connectivity index (χ2v) is 3.41. The van der Waals surface area contributed by atoms with Crippen LogP contribution in [0.15, 0.2) is 0 Å². The first kappa shape index (κ1) is 10.5. The van der Waals surface area contributed by atoms with Gasteiger partial charge in [-0.2, -0.15) is 0 Å². The van der Waals surface area contributed by atoms with E-state index in [1.54, 1.807) is 7.11 Å². The Labute approximate surface area is 79.2 Å². The van der Waals surface area contributed by atoms with Gasteiger partial charge >= 0.3 is 0 Å². The Morgan fingerprint density at radius 2 is 2.46 bits per heavy atom. The van der Waals surface area contributed by atoms with Crippen molar-refractivity contribution in [1.82, 2.24) is 10.2 Å². The van der Waals surface area contributed by atoms with Crippen molar-refractivity contribution >= 4 is 5.91 Å². The molecule has 1 aliphatic rings. The van der Waals surface area contributed by atoms with Crippen LogP contribution in [-0.2, 0) is 9.53 Å². The molecule has 13 heavy (non-hydrogen) atoms. The lowest BCUT2D eigenvalue weighted by Gasteiger charge is -2.29. The summed E-state index contributed by atoms with van der Waals surface area (Å²) in [5, 5.41) is 3.17. The van der Waals surface area contributed by atoms with E-state index < -0.39 is 0 Å². The molecule has 0 aromatic rings. The molecule has 0 radical (unpaired) electrons. The zero-order valence-corrected chi connectivity index (χ0v) is 8.54. The Bertz CT molecular complexity index is 184. The van der Waals surface area contributed by atoms with E-state index in [1.165, 1.54) is 0 Å². The molecular weight excluding hydrogens is 168 g/mol. The summed E-state index contributed by atoms with van der Waals surface area (Å²) in [6.07, 6.45) is 1.14. The highest BCUT2D eigenvalue weighted by Crippen LogP contribution is 2.12. The van der Waals surface area contributed by atoms with Gasteiger partial charge in [0.2, 0.25) is 5.91 Å². The van der Waals surface area contributed by atoms with Gasteiger partial charge in [0.05, 0.1) is 25.4 Å². The summed E-state index contributed by atoms with van der Waals surface area (Å²) in [6.45, 7) is 5.15. The molecule has 1 saturated heterocycles. The van der Waals surface area contributed by atoms with Crippen molar-refractivity contribution in [3.05, 3.63) is 0 Å². The highest BCUT2D eigenvalue weighted by atomic mass is 16.5. The standard InChI is InChI=1S/C9H18N2O2/c1-4-8-10-5-9(12)11(8)7(2)6-13-3/h7-8,10H,4-6H2,1-3H3. The van der Waals surface area contributed by atoms with Crippen LogP contribution in [0.25, 0.3) is 0 Å². The number of carbonyl (C=O) groups is 1. The Kier molecular flexibility index (Phi) is 3.69. The molecule has 4 heteroatoms. The molecule has 4 nitrogen and oxygen atoms in total. The number of methoxy groups -OCH3 is 1. The Morgan fingerprint density at radius 1 is 1.77 bits per heavy atom. The molecule has 1 rings (SSSR count). The molecule has 0 aromatic heterocycles. The zero-order chi connectivity index (χ0) is 9.84. The molecule has 2 atom stereocenters. The fraction of sp³-hybridized carbons (Fsp3) is 0.889. The number of nitrogens with one attached hydrogen (secondary N) is 1. The molecule has 0 saturated carbocycles. The molecule has 1 amide bonds. The first-order valence-electron chi connectivity index (χ1n) is 4.74. The molecule has 1 aliphatic heterocycles. The van der Waals surface area contributed by atoms with E-state index in [0.717, 1.165) is 6.42 Å². The van der Waals surface area contributed by atoms with Gasteiger partial charge in [0.1, 0.15) is 0 Å². The number of hydrogen-bond acceptors (Lipinski definition) is 3. The number of carbonyl (C=O) groups excluding carboxylic acids is 1. The van der Waals surface area contributed by atoms with Crippen molar-refractivity contribution < 1.29 is 9.53 Å². The number of nitrogens with zero attached hydrogens (tertiary/aromatic N) is 1. The summed E-state index contributed by atoms with van der Waals surface area (Å²) in [5.41, 5.74) is 0. The number of hydrogen-bond donors (Lipinski definition) is 1. The van der Waals surface area contributed by atoms with E-state index in [-0.39, 0.29) is 18.1 Å². The highest BCUT2D eigenvalue weighted by molar-refractivity contribution is 5.80. The second kappa shape index (κ2) is 4.58. The SMILES string of the molecule is CCC1NCC(=O)N1C(C)COC. The summed E-state index contributed by atoms with van der Waals surface area (Å²) >= 11 is 0. The normalized spacial score (nSPS) is 25.3. The molecule has 0 aromatic carbocycles. The molecule has 76 valence electrons. The van der Waals surface area contributed by atoms with Gasteiger partial charge in [0.25, 0.3) is 0 Å². The van der Waals surface area contributed by atoms with Crippen molar-refractivity contribution in [1.29, 1.82) is 0 Å². The lowest BCUT2D eigenvalue weighted by atomic mass is 10.2. The van der Waals surface area contributed by atoms with Crippen molar-refractivity contribution in [3.63, 3.8) is 0 Å². The molecule has 0 aliphatic carbocycles. The van der Waals surface area contributed by atoms with Crippen LogP contribution in [0.2, 0.25) is 0 Å². The van der Waals surface area contributed by atoms with Gasteiger partial charge in [0, 0.05) is 7.11 Å². The van der Waals surface area contributed by atoms with Crippen LogP contribution in [0.1, 0.15) is 20.3 Å². The lowest BCUT2D eigenvalue weighted by Crippen LogP contribution is -2.44. The van der Waals surface area contributed by atoms with E-state index in [0.29, 0.717) is 13.2 Å². The summed E-state index contributed by atoms with van der Waals surface area (Å²) in [4.78, 5) is 13.3. The number of ether oxygens (including phenoxy) is 1. The topological polar surface area (TPSA) is 41.6 Å². The van der Waals surface area contributed by atoms with Gasteiger partial charge in [0.15, 0.2) is 0 Å². The minimum Gasteiger partial charge on any atom is -0.383 e. The van der Waals surface area contributed by atoms with Crippen LogP contribution in [0.5, 0.6) is 0 Å². The molecular formula is C9H18N2O2. The van der Waals surface area contributed by atoms with E-state index in [2.05, 4.69) is 12.2 Å². The van der Waals surface area contributed by atoms with E-state index in [9.17, 15) is 4.79 Å². The zero-order valence-electron chi connectivity index (χ0n) is 8.54. The maximum atomic E-state index is 11.5. The number of amides is 1. The quantitative estimate of drug-likeness (QED) is 0.681. The fourth-order valence-electron chi connectivity index (χ4n) is 1.78. The molecule has 1 heterocycles. The van der Waals surface area contributed by atoms with E-state index in [1.807, 2.05) is 11.8 Å². The van der Waals surface area contributed by atoms with Crippen LogP contribution < -0.4 is 5.32 Å². The van der Waals surface area contributed by atoms with Crippen LogP contribution >= 0.6 is 0 Å². The van der Waals surface area contributed by atoms with E-state index in [4.69, 9.17) is 4.74 Å². The van der Waals surface area contributed by atoms with Crippen molar-refractivity contribution in [2.75, 3.05) is 20.3 Å². The van der Waals surface area contributed by atoms with E-state index >= 15 is 0 Å². The highest BCUT2D eigenvalue weighted by Gasteiger charge is 2.32. The monoisotopic (exact) mass is 186 g/mol. The molecule has 0 spiro atoms. The summed E-state index contributed by atoms with van der Waals surface area (Å²) in [7, 11) is 1.66. The Balaban J connectivity index is 2.57. The third kappa shape index (κ3) is 2.19. The minimum absolute atomic E-state index is 0.164. The summed E-state index contributed by atoms with van der Waals surface area (Å²) in [6, 6.07) is 0.164. The smallest absolute Gasteiger partial charge is 0.238 e. The second-order valence-electron chi connectivity index (χ2n) is 3.41. The van der Waals surface area contributed by atoms with Gasteiger partial charge in [-0.25, -0.2) is 0 Å². The fourth-order valence-corrected chi connectivity index (χ4v) is 1.78. The van der Waals surface area contributed by atoms with Gasteiger partial charge in [-0.1, -0.05) is 6.92 Å². The molecule has 0 bridgehead atoms. The average Bonchev–Trinajstić information content (AvgIpc) is 2.47. The predicted molar refractivity (Wildman–Crippen MR) is 50.3 cm³/mol. The van der Waals surface area contributed by atoms with Gasteiger partial charge in [-0.15, -0.1) is 0 Å². The van der Waals surface area contributed by atoms with Crippen LogP contribution in [-0.4, -0.2) is 43.3 Å². The van der Waals surface area contributed by atoms with Gasteiger partial charge < -0.3 is 9.64 Å². The van der Waals surface area contributed by atoms with Gasteiger partial charge in [-0.3, -0.25) is 10.1 Å². The largest absolute Gasteiger partial charge is 0.383 e. The van der Waals surface area contributed by atoms with Crippen LogP contribution in [0, 0.1) is 0 Å². The Hall–Kier alpha value is -0.610. The maximum absolute atomic E-state index is 11.5. The number of rotatable bonds is 4. The first-order chi connectivity index (χ1) is 6.20. The Morgan fingerprint density at radius 3 is 3.00 bits per heavy atom. The van der Waals surface area contributed by atoms with Gasteiger partial charge in [-0.05, 0) is 13.3 Å². The molecule has 2 unspecified atom stereocenters. The van der Waals surface area contributed by atoms with Crippen LogP contribution in [0.3, 0.4) is 0 Å². The third-order valence-electron chi connectivity index (χ3n) is 2.38. The summed E-state index contributed by atoms with van der Waals surface area (Å²) < 4.78 is 5.04. The van der Waals surface area contributed by atoms with Crippen molar-refractivity contribution in [2.45, 2.75) is 32.5 Å². The molecule has 1 fully saturated rings. The summed E-state index contributed by atoms with van der Waals surface area (Å²) in [5.74, 6) is 0.177. The first-order valence-corrected chi connectivity index (χ1v) is 4.74.